The number of oxime groups is 1. The van der Waals surface area contributed by atoms with Crippen LogP contribution in [0.2, 0.25) is 0 Å². The molecule has 116 valence electrons. The number of aromatic amines is 1. The fourth-order valence-electron chi connectivity index (χ4n) is 2.26. The fourth-order valence-corrected chi connectivity index (χ4v) is 2.26. The molecule has 3 rings (SSSR count). The van der Waals surface area contributed by atoms with Crippen molar-refractivity contribution in [3.05, 3.63) is 35.5 Å². The Morgan fingerprint density at radius 2 is 2.14 bits per heavy atom. The van der Waals surface area contributed by atoms with Gasteiger partial charge in [-0.3, -0.25) is 0 Å². The molecular formula is C14H13F3N4O. The van der Waals surface area contributed by atoms with Gasteiger partial charge in [0, 0.05) is 29.1 Å². The lowest BCUT2D eigenvalue weighted by atomic mass is 10.1. The molecule has 0 amide bonds. The van der Waals surface area contributed by atoms with Gasteiger partial charge >= 0.3 is 6.18 Å². The Hall–Kier alpha value is -2.35. The van der Waals surface area contributed by atoms with Crippen LogP contribution in [0.15, 0.2) is 34.5 Å². The van der Waals surface area contributed by atoms with Gasteiger partial charge < -0.3 is 15.6 Å². The summed E-state index contributed by atoms with van der Waals surface area (Å²) in [5.41, 5.74) is 6.52. The maximum absolute atomic E-state index is 12.9. The minimum atomic E-state index is -4.40. The predicted octanol–water partition coefficient (Wildman–Crippen LogP) is 2.67. The molecule has 1 aromatic carbocycles. The van der Waals surface area contributed by atoms with Crippen molar-refractivity contribution >= 4 is 22.5 Å². The number of hydrogen-bond donors (Lipinski definition) is 2. The van der Waals surface area contributed by atoms with Crippen LogP contribution in [0.5, 0.6) is 0 Å². The summed E-state index contributed by atoms with van der Waals surface area (Å²) in [6.07, 6.45) is -2.28. The van der Waals surface area contributed by atoms with E-state index < -0.39 is 11.7 Å². The van der Waals surface area contributed by atoms with Gasteiger partial charge in [0.15, 0.2) is 6.61 Å². The summed E-state index contributed by atoms with van der Waals surface area (Å²) >= 11 is 0. The molecule has 0 spiro atoms. The number of H-pyrrole nitrogens is 1. The van der Waals surface area contributed by atoms with Crippen LogP contribution in [0.3, 0.4) is 0 Å². The Labute approximate surface area is 123 Å². The van der Waals surface area contributed by atoms with Gasteiger partial charge in [0.1, 0.15) is 0 Å². The van der Waals surface area contributed by atoms with E-state index in [4.69, 9.17) is 10.6 Å². The number of amidine groups is 1. The van der Waals surface area contributed by atoms with Crippen LogP contribution in [-0.4, -0.2) is 29.7 Å². The number of aliphatic imine (C=N–C) groups is 1. The van der Waals surface area contributed by atoms with Gasteiger partial charge in [-0.15, -0.1) is 0 Å². The Balaban J connectivity index is 2.06. The van der Waals surface area contributed by atoms with Gasteiger partial charge in [-0.2, -0.15) is 13.2 Å². The maximum Gasteiger partial charge on any atom is 0.416 e. The van der Waals surface area contributed by atoms with Crippen molar-refractivity contribution in [1.29, 1.82) is 0 Å². The highest BCUT2D eigenvalue weighted by atomic mass is 19.4. The standard InChI is InChI=1S/C14H13F3N4O/c15-14(16,17)8-1-2-12-10(5-8)11(6-19-12)13-20-9(3-4-18)7-22-21-13/h1-2,5-6,19H,3-4,7,18H2. The number of aromatic nitrogens is 1. The third-order valence-electron chi connectivity index (χ3n) is 3.33. The molecule has 0 fully saturated rings. The molecule has 2 heterocycles. The van der Waals surface area contributed by atoms with Crippen molar-refractivity contribution in [2.45, 2.75) is 12.6 Å². The van der Waals surface area contributed by atoms with Crippen LogP contribution in [0.1, 0.15) is 17.5 Å². The molecule has 0 saturated heterocycles. The third kappa shape index (κ3) is 2.69. The van der Waals surface area contributed by atoms with Gasteiger partial charge in [-0.1, -0.05) is 5.16 Å². The summed E-state index contributed by atoms with van der Waals surface area (Å²) in [5, 5.41) is 4.23. The van der Waals surface area contributed by atoms with Gasteiger partial charge in [0.2, 0.25) is 5.84 Å². The number of nitrogens with one attached hydrogen (secondary N) is 1. The number of fused-ring (bicyclic) bond motifs is 1. The number of alkyl halides is 3. The summed E-state index contributed by atoms with van der Waals surface area (Å²) in [4.78, 5) is 12.3. The van der Waals surface area contributed by atoms with Crippen molar-refractivity contribution in [1.82, 2.24) is 4.98 Å². The van der Waals surface area contributed by atoms with E-state index in [1.165, 1.54) is 6.07 Å². The van der Waals surface area contributed by atoms with Crippen molar-refractivity contribution in [2.75, 3.05) is 13.2 Å². The Kier molecular flexibility index (Phi) is 3.61. The highest BCUT2D eigenvalue weighted by molar-refractivity contribution is 6.14. The van der Waals surface area contributed by atoms with E-state index in [0.717, 1.165) is 12.1 Å². The number of nitrogens with zero attached hydrogens (tertiary/aromatic N) is 2. The zero-order chi connectivity index (χ0) is 15.7. The van der Waals surface area contributed by atoms with Gasteiger partial charge in [-0.25, -0.2) is 4.99 Å². The molecule has 8 heteroatoms. The molecule has 1 aromatic heterocycles. The predicted molar refractivity (Wildman–Crippen MR) is 76.9 cm³/mol. The van der Waals surface area contributed by atoms with Crippen LogP contribution in [0, 0.1) is 0 Å². The van der Waals surface area contributed by atoms with E-state index in [-0.39, 0.29) is 12.4 Å². The van der Waals surface area contributed by atoms with E-state index in [9.17, 15) is 13.2 Å². The first kappa shape index (κ1) is 14.6. The molecule has 3 N–H and O–H groups in total. The molecule has 2 aromatic rings. The highest BCUT2D eigenvalue weighted by Gasteiger charge is 2.31. The lowest BCUT2D eigenvalue weighted by Gasteiger charge is -2.11. The quantitative estimate of drug-likeness (QED) is 0.914. The zero-order valence-electron chi connectivity index (χ0n) is 11.4. The second kappa shape index (κ2) is 5.45. The SMILES string of the molecule is NCCC1=NC(c2c[nH]c3ccc(C(F)(F)F)cc23)=NOC1. The van der Waals surface area contributed by atoms with Crippen molar-refractivity contribution in [3.63, 3.8) is 0 Å². The Morgan fingerprint density at radius 3 is 2.86 bits per heavy atom. The van der Waals surface area contributed by atoms with Gasteiger partial charge in [-0.05, 0) is 24.7 Å². The second-order valence-electron chi connectivity index (χ2n) is 4.87. The monoisotopic (exact) mass is 310 g/mol. The highest BCUT2D eigenvalue weighted by Crippen LogP contribution is 2.32. The summed E-state index contributed by atoms with van der Waals surface area (Å²) in [6, 6.07) is 3.50. The van der Waals surface area contributed by atoms with E-state index in [0.29, 0.717) is 35.1 Å². The van der Waals surface area contributed by atoms with E-state index >= 15 is 0 Å². The first-order valence-corrected chi connectivity index (χ1v) is 6.64. The number of benzene rings is 1. The summed E-state index contributed by atoms with van der Waals surface area (Å²) in [7, 11) is 0. The van der Waals surface area contributed by atoms with Gasteiger partial charge in [0.25, 0.3) is 0 Å². The molecule has 0 saturated carbocycles. The molecule has 5 nitrogen and oxygen atoms in total. The summed E-state index contributed by atoms with van der Waals surface area (Å²) in [6.45, 7) is 0.665. The molecule has 22 heavy (non-hydrogen) atoms. The molecule has 0 unspecified atom stereocenters. The topological polar surface area (TPSA) is 75.8 Å². The summed E-state index contributed by atoms with van der Waals surface area (Å²) < 4.78 is 38.6. The smallest absolute Gasteiger partial charge is 0.388 e. The minimum absolute atomic E-state index is 0.247. The van der Waals surface area contributed by atoms with E-state index in [1.807, 2.05) is 0 Å². The van der Waals surface area contributed by atoms with Crippen LogP contribution in [0.4, 0.5) is 13.2 Å². The molecule has 1 aliphatic rings. The van der Waals surface area contributed by atoms with E-state index in [1.54, 1.807) is 6.20 Å². The van der Waals surface area contributed by atoms with Gasteiger partial charge in [0.05, 0.1) is 11.3 Å². The molecule has 1 aliphatic heterocycles. The molecule has 0 radical (unpaired) electrons. The second-order valence-corrected chi connectivity index (χ2v) is 4.87. The molecule has 0 atom stereocenters. The normalized spacial score (nSPS) is 15.5. The molecule has 0 aliphatic carbocycles. The van der Waals surface area contributed by atoms with Crippen LogP contribution >= 0.6 is 0 Å². The maximum atomic E-state index is 12.9. The van der Waals surface area contributed by atoms with Crippen LogP contribution in [-0.2, 0) is 11.0 Å². The van der Waals surface area contributed by atoms with Crippen molar-refractivity contribution in [3.8, 4) is 0 Å². The average molecular weight is 310 g/mol. The Morgan fingerprint density at radius 1 is 1.32 bits per heavy atom. The number of halogens is 3. The number of nitrogens with two attached hydrogens (primary N) is 1. The number of rotatable bonds is 3. The van der Waals surface area contributed by atoms with Crippen molar-refractivity contribution < 1.29 is 18.0 Å². The number of hydrogen-bond acceptors (Lipinski definition) is 4. The van der Waals surface area contributed by atoms with Crippen molar-refractivity contribution in [2.24, 2.45) is 15.9 Å². The van der Waals surface area contributed by atoms with Crippen LogP contribution in [0.25, 0.3) is 10.9 Å². The van der Waals surface area contributed by atoms with E-state index in [2.05, 4.69) is 15.1 Å². The molecular weight excluding hydrogens is 297 g/mol. The average Bonchev–Trinajstić information content (AvgIpc) is 2.90. The Bertz CT molecular complexity index is 761. The lowest BCUT2D eigenvalue weighted by molar-refractivity contribution is -0.137. The lowest BCUT2D eigenvalue weighted by Crippen LogP contribution is -2.19. The largest absolute Gasteiger partial charge is 0.416 e. The fraction of sp³-hybridized carbons (Fsp3) is 0.286. The first-order chi connectivity index (χ1) is 10.5. The zero-order valence-corrected chi connectivity index (χ0v) is 11.4. The summed E-state index contributed by atoms with van der Waals surface area (Å²) in [5.74, 6) is 0.250. The van der Waals surface area contributed by atoms with Crippen LogP contribution < -0.4 is 5.73 Å². The first-order valence-electron chi connectivity index (χ1n) is 6.64. The third-order valence-corrected chi connectivity index (χ3v) is 3.33. The molecule has 0 bridgehead atoms. The minimum Gasteiger partial charge on any atom is -0.388 e.